The number of nitrogens with one attached hydrogen (secondary N) is 2. The van der Waals surface area contributed by atoms with Gasteiger partial charge in [-0.1, -0.05) is 30.3 Å². The van der Waals surface area contributed by atoms with E-state index in [1.54, 1.807) is 34.6 Å². The number of benzene rings is 1. The molecule has 8 nitrogen and oxygen atoms in total. The fraction of sp³-hybridized carbons (Fsp3) is 0.481. The van der Waals surface area contributed by atoms with Crippen molar-refractivity contribution in [2.24, 2.45) is 0 Å². The van der Waals surface area contributed by atoms with E-state index < -0.39 is 46.3 Å². The lowest BCUT2D eigenvalue weighted by Crippen LogP contribution is -2.56. The number of carbonyl (C=O) groups excluding carboxylic acids is 2. The van der Waals surface area contributed by atoms with Crippen LogP contribution < -0.4 is 10.6 Å². The molecule has 0 spiro atoms. The molecule has 1 aliphatic rings. The topological polar surface area (TPSA) is 97.6 Å². The van der Waals surface area contributed by atoms with Gasteiger partial charge in [-0.25, -0.2) is 4.79 Å². The molecule has 0 saturated heterocycles. The molecular formula is C27H32F3N5O3. The first-order valence-corrected chi connectivity index (χ1v) is 12.4. The van der Waals surface area contributed by atoms with Crippen LogP contribution in [0.5, 0.6) is 0 Å². The fourth-order valence-electron chi connectivity index (χ4n) is 4.49. The van der Waals surface area contributed by atoms with Crippen molar-refractivity contribution in [1.29, 1.82) is 0 Å². The zero-order valence-corrected chi connectivity index (χ0v) is 22.0. The van der Waals surface area contributed by atoms with Gasteiger partial charge in [0.1, 0.15) is 17.0 Å². The van der Waals surface area contributed by atoms with Gasteiger partial charge in [0.2, 0.25) is 5.91 Å². The number of nitrogens with zero attached hydrogens (tertiary/aromatic N) is 3. The number of alkyl carbamates (subject to hydrolysis) is 1. The number of rotatable bonds is 7. The number of aromatic nitrogens is 3. The molecule has 38 heavy (non-hydrogen) atoms. The Balaban J connectivity index is 1.60. The van der Waals surface area contributed by atoms with Gasteiger partial charge in [-0.2, -0.15) is 13.2 Å². The Kier molecular flexibility index (Phi) is 6.92. The van der Waals surface area contributed by atoms with Gasteiger partial charge in [0.25, 0.3) is 0 Å². The van der Waals surface area contributed by atoms with Gasteiger partial charge >= 0.3 is 12.3 Å². The van der Waals surface area contributed by atoms with Crippen LogP contribution in [-0.4, -0.2) is 43.8 Å². The molecule has 4 rings (SSSR count). The summed E-state index contributed by atoms with van der Waals surface area (Å²) in [6.07, 6.45) is -2.64. The standard InChI is InChI=1S/C27H32F3N5O3/c1-24(2,3)38-23(37)32-25(4,5)22(36)31-19-15-26(19,14-13-17-9-7-6-8-10-17)21-34-33-20-12-11-18(16-35(20)21)27(28,29)30/h6-12,16,19H,13-15H2,1-5H3,(H,31,36)(H,32,37)/t19-,26-/m0/s1. The molecule has 11 heteroatoms. The molecule has 1 fully saturated rings. The summed E-state index contributed by atoms with van der Waals surface area (Å²) in [5, 5.41) is 13.9. The van der Waals surface area contributed by atoms with Gasteiger partial charge in [-0.05, 0) is 71.6 Å². The lowest BCUT2D eigenvalue weighted by molar-refractivity contribution is -0.137. The maximum atomic E-state index is 13.5. The predicted molar refractivity (Wildman–Crippen MR) is 134 cm³/mol. The molecule has 2 N–H and O–H groups in total. The van der Waals surface area contributed by atoms with E-state index in [-0.39, 0.29) is 5.65 Å². The highest BCUT2D eigenvalue weighted by Crippen LogP contribution is 2.51. The number of aryl methyl sites for hydroxylation is 1. The van der Waals surface area contributed by atoms with E-state index in [1.165, 1.54) is 10.5 Å². The summed E-state index contributed by atoms with van der Waals surface area (Å²) in [6.45, 7) is 8.28. The molecule has 0 radical (unpaired) electrons. The number of amides is 2. The molecule has 1 saturated carbocycles. The first-order chi connectivity index (χ1) is 17.6. The third-order valence-corrected chi connectivity index (χ3v) is 6.64. The normalized spacial score (nSPS) is 19.7. The third-order valence-electron chi connectivity index (χ3n) is 6.64. The highest BCUT2D eigenvalue weighted by atomic mass is 19.4. The molecule has 204 valence electrons. The van der Waals surface area contributed by atoms with Crippen LogP contribution in [0.1, 0.15) is 64.4 Å². The van der Waals surface area contributed by atoms with Crippen molar-refractivity contribution in [2.45, 2.75) is 82.7 Å². The second-order valence-electron chi connectivity index (χ2n) is 11.3. The number of pyridine rings is 1. The first kappa shape index (κ1) is 27.4. The summed E-state index contributed by atoms with van der Waals surface area (Å²) in [5.74, 6) is -0.0857. The second-order valence-corrected chi connectivity index (χ2v) is 11.3. The van der Waals surface area contributed by atoms with Crippen LogP contribution in [0.15, 0.2) is 48.7 Å². The van der Waals surface area contributed by atoms with Crippen LogP contribution >= 0.6 is 0 Å². The van der Waals surface area contributed by atoms with Gasteiger partial charge < -0.3 is 15.4 Å². The Morgan fingerprint density at radius 2 is 1.74 bits per heavy atom. The van der Waals surface area contributed by atoms with Gasteiger partial charge in [-0.3, -0.25) is 9.20 Å². The Hall–Kier alpha value is -3.63. The number of alkyl halides is 3. The molecular weight excluding hydrogens is 499 g/mol. The summed E-state index contributed by atoms with van der Waals surface area (Å²) in [7, 11) is 0. The minimum Gasteiger partial charge on any atom is -0.444 e. The number of ether oxygens (including phenoxy) is 1. The minimum absolute atomic E-state index is 0.288. The summed E-state index contributed by atoms with van der Waals surface area (Å²) < 4.78 is 47.0. The maximum absolute atomic E-state index is 13.5. The molecule has 2 amide bonds. The Labute approximate surface area is 219 Å². The Morgan fingerprint density at radius 3 is 2.37 bits per heavy atom. The van der Waals surface area contributed by atoms with Crippen LogP contribution in [0.25, 0.3) is 5.65 Å². The van der Waals surface area contributed by atoms with E-state index in [4.69, 9.17) is 4.74 Å². The number of hydrogen-bond donors (Lipinski definition) is 2. The van der Waals surface area contributed by atoms with Gasteiger partial charge in [0.05, 0.1) is 11.0 Å². The number of carbonyl (C=O) groups is 2. The summed E-state index contributed by atoms with van der Waals surface area (Å²) in [6, 6.07) is 11.5. The highest BCUT2D eigenvalue weighted by molar-refractivity contribution is 5.89. The van der Waals surface area contributed by atoms with E-state index in [0.717, 1.165) is 17.8 Å². The number of hydrogen-bond acceptors (Lipinski definition) is 5. The molecule has 1 aliphatic carbocycles. The van der Waals surface area contributed by atoms with Crippen molar-refractivity contribution in [3.05, 3.63) is 65.6 Å². The van der Waals surface area contributed by atoms with Crippen LogP contribution in [0.3, 0.4) is 0 Å². The van der Waals surface area contributed by atoms with Crippen molar-refractivity contribution in [1.82, 2.24) is 25.2 Å². The fourth-order valence-corrected chi connectivity index (χ4v) is 4.49. The monoisotopic (exact) mass is 531 g/mol. The summed E-state index contributed by atoms with van der Waals surface area (Å²) in [4.78, 5) is 25.5. The molecule has 0 unspecified atom stereocenters. The largest absolute Gasteiger partial charge is 0.444 e. The summed E-state index contributed by atoms with van der Waals surface area (Å²) >= 11 is 0. The lowest BCUT2D eigenvalue weighted by atomic mass is 9.94. The van der Waals surface area contributed by atoms with Crippen molar-refractivity contribution in [2.75, 3.05) is 0 Å². The maximum Gasteiger partial charge on any atom is 0.417 e. The Bertz CT molecular complexity index is 1330. The molecule has 0 bridgehead atoms. The SMILES string of the molecule is CC(C)(C)OC(=O)NC(C)(C)C(=O)N[C@H]1C[C@]1(CCc1ccccc1)c1nnc2ccc(C(F)(F)F)cn12. The van der Waals surface area contributed by atoms with Crippen LogP contribution in [-0.2, 0) is 27.5 Å². The molecule has 2 heterocycles. The second kappa shape index (κ2) is 9.59. The zero-order chi connectivity index (χ0) is 27.9. The molecule has 1 aromatic carbocycles. The Morgan fingerprint density at radius 1 is 1.05 bits per heavy atom. The molecule has 2 atom stereocenters. The number of fused-ring (bicyclic) bond motifs is 1. The quantitative estimate of drug-likeness (QED) is 0.456. The average molecular weight is 532 g/mol. The number of halogens is 3. The third kappa shape index (κ3) is 5.92. The van der Waals surface area contributed by atoms with E-state index in [9.17, 15) is 22.8 Å². The van der Waals surface area contributed by atoms with Crippen molar-refractivity contribution < 1.29 is 27.5 Å². The van der Waals surface area contributed by atoms with Crippen molar-refractivity contribution in [3.63, 3.8) is 0 Å². The van der Waals surface area contributed by atoms with Crippen LogP contribution in [0.2, 0.25) is 0 Å². The van der Waals surface area contributed by atoms with Crippen molar-refractivity contribution >= 4 is 17.6 Å². The smallest absolute Gasteiger partial charge is 0.417 e. The lowest BCUT2D eigenvalue weighted by Gasteiger charge is -2.28. The van der Waals surface area contributed by atoms with E-state index in [2.05, 4.69) is 20.8 Å². The van der Waals surface area contributed by atoms with Crippen molar-refractivity contribution in [3.8, 4) is 0 Å². The van der Waals surface area contributed by atoms with Crippen LogP contribution in [0.4, 0.5) is 18.0 Å². The predicted octanol–water partition coefficient (Wildman–Crippen LogP) is 4.81. The zero-order valence-electron chi connectivity index (χ0n) is 22.0. The first-order valence-electron chi connectivity index (χ1n) is 12.4. The molecule has 0 aliphatic heterocycles. The van der Waals surface area contributed by atoms with Gasteiger partial charge in [-0.15, -0.1) is 10.2 Å². The van der Waals surface area contributed by atoms with Gasteiger partial charge in [0, 0.05) is 12.2 Å². The summed E-state index contributed by atoms with van der Waals surface area (Å²) in [5.41, 5.74) is -2.24. The molecule has 2 aromatic heterocycles. The minimum atomic E-state index is -4.53. The van der Waals surface area contributed by atoms with Crippen LogP contribution in [0, 0.1) is 0 Å². The van der Waals surface area contributed by atoms with E-state index in [1.807, 2.05) is 30.3 Å². The highest BCUT2D eigenvalue weighted by Gasteiger charge is 2.59. The molecule has 3 aromatic rings. The van der Waals surface area contributed by atoms with E-state index >= 15 is 0 Å². The van der Waals surface area contributed by atoms with E-state index in [0.29, 0.717) is 25.1 Å². The average Bonchev–Trinajstić information content (AvgIpc) is 3.31. The van der Waals surface area contributed by atoms with Gasteiger partial charge in [0.15, 0.2) is 5.65 Å².